The fourth-order valence-electron chi connectivity index (χ4n) is 2.23. The van der Waals surface area contributed by atoms with Gasteiger partial charge in [0.15, 0.2) is 11.7 Å². The van der Waals surface area contributed by atoms with Gasteiger partial charge in [0.05, 0.1) is 12.1 Å². The summed E-state index contributed by atoms with van der Waals surface area (Å²) in [6, 6.07) is 7.59. The van der Waals surface area contributed by atoms with Crippen molar-refractivity contribution >= 4 is 29.4 Å². The maximum absolute atomic E-state index is 12.7. The van der Waals surface area contributed by atoms with Gasteiger partial charge in [-0.3, -0.25) is 14.6 Å². The van der Waals surface area contributed by atoms with Gasteiger partial charge < -0.3 is 22.5 Å². The van der Waals surface area contributed by atoms with Crippen molar-refractivity contribution < 1.29 is 9.59 Å². The summed E-state index contributed by atoms with van der Waals surface area (Å²) in [4.78, 5) is 28.9. The van der Waals surface area contributed by atoms with E-state index in [1.165, 1.54) is 0 Å². The Hall–Kier alpha value is -2.06. The Kier molecular flexibility index (Phi) is 9.64. The minimum atomic E-state index is -0.649. The Labute approximate surface area is 152 Å². The summed E-state index contributed by atoms with van der Waals surface area (Å²) in [5.74, 6) is 0.339. The number of amides is 1. The highest BCUT2D eigenvalue weighted by Gasteiger charge is 2.24. The lowest BCUT2D eigenvalue weighted by atomic mass is 9.99. The molecule has 7 N–H and O–H groups in total. The number of carbonyl (C=O) groups is 2. The number of nitrogens with one attached hydrogen (secondary N) is 1. The van der Waals surface area contributed by atoms with Crippen LogP contribution in [0, 0.1) is 0 Å². The second-order valence-electron chi connectivity index (χ2n) is 5.63. The van der Waals surface area contributed by atoms with Crippen LogP contribution in [0.2, 0.25) is 0 Å². The number of guanidine groups is 1. The van der Waals surface area contributed by atoms with Crippen LogP contribution in [0.15, 0.2) is 35.3 Å². The molecule has 0 saturated heterocycles. The van der Waals surface area contributed by atoms with Gasteiger partial charge in [0.1, 0.15) is 0 Å². The Bertz CT molecular complexity index is 576. The van der Waals surface area contributed by atoms with Crippen molar-refractivity contribution in [3.63, 3.8) is 0 Å². The zero-order chi connectivity index (χ0) is 18.7. The van der Waals surface area contributed by atoms with Crippen LogP contribution in [0.25, 0.3) is 0 Å². The van der Waals surface area contributed by atoms with E-state index in [0.29, 0.717) is 31.4 Å². The van der Waals surface area contributed by atoms with Crippen molar-refractivity contribution in [3.8, 4) is 0 Å². The topological polar surface area (TPSA) is 137 Å². The quantitative estimate of drug-likeness (QED) is 0.195. The van der Waals surface area contributed by atoms with Crippen molar-refractivity contribution in [2.45, 2.75) is 31.3 Å². The molecule has 0 spiro atoms. The fourth-order valence-corrected chi connectivity index (χ4v) is 2.72. The van der Waals surface area contributed by atoms with Crippen LogP contribution in [0.5, 0.6) is 0 Å². The van der Waals surface area contributed by atoms with Crippen LogP contribution < -0.4 is 22.5 Å². The van der Waals surface area contributed by atoms with Crippen molar-refractivity contribution in [2.75, 3.05) is 18.6 Å². The molecule has 0 fully saturated rings. The molecule has 0 aliphatic heterocycles. The maximum atomic E-state index is 12.7. The van der Waals surface area contributed by atoms with E-state index >= 15 is 0 Å². The summed E-state index contributed by atoms with van der Waals surface area (Å²) >= 11 is 1.62. The Morgan fingerprint density at radius 1 is 1.20 bits per heavy atom. The van der Waals surface area contributed by atoms with Crippen molar-refractivity contribution in [1.82, 2.24) is 5.32 Å². The fraction of sp³-hybridized carbons (Fsp3) is 0.471. The van der Waals surface area contributed by atoms with Gasteiger partial charge in [-0.15, -0.1) is 0 Å². The summed E-state index contributed by atoms with van der Waals surface area (Å²) in [6.45, 7) is 0.398. The van der Waals surface area contributed by atoms with Gasteiger partial charge in [-0.25, -0.2) is 0 Å². The first-order chi connectivity index (χ1) is 12.0. The number of carbonyl (C=O) groups excluding carboxylic acids is 2. The summed E-state index contributed by atoms with van der Waals surface area (Å²) in [5, 5.41) is 2.78. The van der Waals surface area contributed by atoms with E-state index in [2.05, 4.69) is 10.3 Å². The van der Waals surface area contributed by atoms with Gasteiger partial charge in [-0.2, -0.15) is 11.8 Å². The van der Waals surface area contributed by atoms with Crippen LogP contribution in [-0.2, 0) is 4.79 Å². The van der Waals surface area contributed by atoms with Gasteiger partial charge in [0, 0.05) is 12.1 Å². The van der Waals surface area contributed by atoms with Crippen LogP contribution in [-0.4, -0.2) is 48.3 Å². The van der Waals surface area contributed by atoms with E-state index in [1.54, 1.807) is 36.0 Å². The van der Waals surface area contributed by atoms with Gasteiger partial charge >= 0.3 is 0 Å². The molecule has 0 unspecified atom stereocenters. The Morgan fingerprint density at radius 3 is 2.48 bits per heavy atom. The van der Waals surface area contributed by atoms with Gasteiger partial charge in [0.2, 0.25) is 5.91 Å². The highest BCUT2D eigenvalue weighted by Crippen LogP contribution is 2.09. The molecule has 0 aromatic heterocycles. The molecule has 0 heterocycles. The van der Waals surface area contributed by atoms with Crippen LogP contribution in [0.3, 0.4) is 0 Å². The number of nitrogens with zero attached hydrogens (tertiary/aromatic N) is 1. The summed E-state index contributed by atoms with van der Waals surface area (Å²) < 4.78 is 0. The minimum absolute atomic E-state index is 0.00839. The van der Waals surface area contributed by atoms with Crippen molar-refractivity contribution in [1.29, 1.82) is 0 Å². The molecule has 1 amide bonds. The van der Waals surface area contributed by atoms with E-state index in [9.17, 15) is 9.59 Å². The largest absolute Gasteiger partial charge is 0.370 e. The molecule has 1 rings (SSSR count). The van der Waals surface area contributed by atoms with Crippen molar-refractivity contribution in [2.24, 2.45) is 22.2 Å². The minimum Gasteiger partial charge on any atom is -0.370 e. The molecular weight excluding hydrogens is 338 g/mol. The molecule has 0 saturated carbocycles. The first-order valence-electron chi connectivity index (χ1n) is 8.15. The summed E-state index contributed by atoms with van der Waals surface area (Å²) in [5.41, 5.74) is 17.0. The normalized spacial score (nSPS) is 12.9. The smallest absolute Gasteiger partial charge is 0.237 e. The number of benzene rings is 1. The van der Waals surface area contributed by atoms with E-state index in [-0.39, 0.29) is 17.6 Å². The standard InChI is InChI=1S/C17H27N5O2S/c1-25-11-9-13(18)16(24)22-14(8-5-10-21-17(19)20)15(23)12-6-3-2-4-7-12/h2-4,6-7,13-14H,5,8-11,18H2,1H3,(H,22,24)(H4,19,20,21)/t13-,14-/m0/s1. The molecule has 7 nitrogen and oxygen atoms in total. The lowest BCUT2D eigenvalue weighted by molar-refractivity contribution is -0.122. The monoisotopic (exact) mass is 365 g/mol. The number of ketones is 1. The summed E-state index contributed by atoms with van der Waals surface area (Å²) in [7, 11) is 0. The molecular formula is C17H27N5O2S. The molecule has 0 bridgehead atoms. The lowest BCUT2D eigenvalue weighted by Crippen LogP contribution is -2.48. The molecule has 2 atom stereocenters. The average Bonchev–Trinajstić information content (AvgIpc) is 2.61. The highest BCUT2D eigenvalue weighted by atomic mass is 32.2. The molecule has 0 aliphatic rings. The van der Waals surface area contributed by atoms with Crippen LogP contribution in [0.1, 0.15) is 29.6 Å². The number of aliphatic imine (C=N–C) groups is 1. The van der Waals surface area contributed by atoms with E-state index in [4.69, 9.17) is 17.2 Å². The van der Waals surface area contributed by atoms with Gasteiger partial charge in [-0.1, -0.05) is 30.3 Å². The van der Waals surface area contributed by atoms with Crippen LogP contribution in [0.4, 0.5) is 0 Å². The molecule has 1 aromatic rings. The van der Waals surface area contributed by atoms with E-state index < -0.39 is 12.1 Å². The predicted octanol–water partition coefficient (Wildman–Crippen LogP) is 0.488. The SMILES string of the molecule is CSCC[C@H](N)C(=O)N[C@@H](CCCN=C(N)N)C(=O)c1ccccc1. The third-order valence-electron chi connectivity index (χ3n) is 3.61. The number of hydrogen-bond donors (Lipinski definition) is 4. The third kappa shape index (κ3) is 8.04. The number of hydrogen-bond acceptors (Lipinski definition) is 5. The predicted molar refractivity (Wildman–Crippen MR) is 104 cm³/mol. The number of rotatable bonds is 11. The zero-order valence-electron chi connectivity index (χ0n) is 14.5. The van der Waals surface area contributed by atoms with E-state index in [0.717, 1.165) is 5.75 Å². The molecule has 1 aromatic carbocycles. The second kappa shape index (κ2) is 11.5. The van der Waals surface area contributed by atoms with Gasteiger partial charge in [-0.05, 0) is 31.3 Å². The molecule has 25 heavy (non-hydrogen) atoms. The maximum Gasteiger partial charge on any atom is 0.237 e. The number of nitrogens with two attached hydrogens (primary N) is 3. The molecule has 138 valence electrons. The third-order valence-corrected chi connectivity index (χ3v) is 4.25. The zero-order valence-corrected chi connectivity index (χ0v) is 15.3. The van der Waals surface area contributed by atoms with Crippen LogP contribution >= 0.6 is 11.8 Å². The Morgan fingerprint density at radius 2 is 1.88 bits per heavy atom. The molecule has 0 aliphatic carbocycles. The molecule has 8 heteroatoms. The highest BCUT2D eigenvalue weighted by molar-refractivity contribution is 7.98. The van der Waals surface area contributed by atoms with E-state index in [1.807, 2.05) is 12.3 Å². The number of thioether (sulfide) groups is 1. The Balaban J connectivity index is 2.74. The second-order valence-corrected chi connectivity index (χ2v) is 6.61. The van der Waals surface area contributed by atoms with Crippen molar-refractivity contribution in [3.05, 3.63) is 35.9 Å². The average molecular weight is 366 g/mol. The summed E-state index contributed by atoms with van der Waals surface area (Å²) in [6.07, 6.45) is 3.52. The first kappa shape index (κ1) is 21.0. The lowest BCUT2D eigenvalue weighted by Gasteiger charge is -2.20. The number of Topliss-reactive ketones (excluding diaryl/α,β-unsaturated/α-hetero) is 1. The first-order valence-corrected chi connectivity index (χ1v) is 9.54. The van der Waals surface area contributed by atoms with Gasteiger partial charge in [0.25, 0.3) is 0 Å². The molecule has 0 radical (unpaired) electrons.